The van der Waals surface area contributed by atoms with Gasteiger partial charge in [0.15, 0.2) is 0 Å². The second-order valence-corrected chi connectivity index (χ2v) is 8.10. The molecule has 2 aromatic rings. The number of methoxy groups -OCH3 is 1. The molecule has 0 spiro atoms. The van der Waals surface area contributed by atoms with E-state index in [0.29, 0.717) is 30.2 Å². The van der Waals surface area contributed by atoms with E-state index in [1.165, 1.54) is 0 Å². The Morgan fingerprint density at radius 2 is 1.86 bits per heavy atom. The van der Waals surface area contributed by atoms with Gasteiger partial charge in [0.25, 0.3) is 5.91 Å². The summed E-state index contributed by atoms with van der Waals surface area (Å²) in [5.41, 5.74) is 2.65. The predicted octanol–water partition coefficient (Wildman–Crippen LogP) is 4.18. The lowest BCUT2D eigenvalue weighted by Gasteiger charge is -2.37. The van der Waals surface area contributed by atoms with Crippen molar-refractivity contribution in [2.75, 3.05) is 31.6 Å². The number of carbonyl (C=O) groups excluding carboxylic acids is 2. The molecule has 6 heteroatoms. The fourth-order valence-corrected chi connectivity index (χ4v) is 4.48. The highest BCUT2D eigenvalue weighted by atomic mass is 35.5. The van der Waals surface area contributed by atoms with Gasteiger partial charge in [-0.1, -0.05) is 23.7 Å². The molecule has 4 rings (SSSR count). The van der Waals surface area contributed by atoms with Crippen LogP contribution in [-0.2, 0) is 11.2 Å². The van der Waals surface area contributed by atoms with Crippen molar-refractivity contribution in [1.29, 1.82) is 0 Å². The number of fused-ring (bicyclic) bond motifs is 1. The van der Waals surface area contributed by atoms with Crippen LogP contribution in [0.1, 0.15) is 35.2 Å². The maximum atomic E-state index is 13.4. The summed E-state index contributed by atoms with van der Waals surface area (Å²) in [5, 5.41) is 0.603. The number of nitrogens with zero attached hydrogens (tertiary/aromatic N) is 2. The first-order chi connectivity index (χ1) is 14.1. The zero-order valence-corrected chi connectivity index (χ0v) is 17.3. The third-order valence-corrected chi connectivity index (χ3v) is 6.07. The quantitative estimate of drug-likeness (QED) is 0.759. The van der Waals surface area contributed by atoms with Crippen LogP contribution < -0.4 is 9.64 Å². The van der Waals surface area contributed by atoms with E-state index in [1.54, 1.807) is 36.3 Å². The molecule has 2 aromatic carbocycles. The lowest BCUT2D eigenvalue weighted by molar-refractivity contribution is -0.123. The van der Waals surface area contributed by atoms with Gasteiger partial charge >= 0.3 is 0 Å². The van der Waals surface area contributed by atoms with Crippen LogP contribution in [0.5, 0.6) is 5.75 Å². The normalized spacial score (nSPS) is 18.9. The van der Waals surface area contributed by atoms with Gasteiger partial charge in [-0.05, 0) is 61.6 Å². The van der Waals surface area contributed by atoms with Crippen LogP contribution in [0.25, 0.3) is 0 Å². The minimum absolute atomic E-state index is 0.0456. The van der Waals surface area contributed by atoms with E-state index < -0.39 is 0 Å². The standard InChI is InChI=1S/C23H25ClN2O3/c1-29-20-8-2-5-16-6-4-14-26(21(16)20)23(28)18-7-3-13-25(15-18)22(27)17-9-11-19(24)12-10-17/h2,5,8-12,18H,3-4,6-7,13-15H2,1H3. The zero-order chi connectivity index (χ0) is 20.4. The molecule has 152 valence electrons. The number of ether oxygens (including phenoxy) is 1. The molecule has 2 aliphatic rings. The fourth-order valence-electron chi connectivity index (χ4n) is 4.36. The average Bonchev–Trinajstić information content (AvgIpc) is 2.78. The van der Waals surface area contributed by atoms with Crippen LogP contribution in [-0.4, -0.2) is 43.5 Å². The molecule has 1 saturated heterocycles. The zero-order valence-electron chi connectivity index (χ0n) is 16.6. The Hall–Kier alpha value is -2.53. The number of para-hydroxylation sites is 1. The highest BCUT2D eigenvalue weighted by Gasteiger charge is 2.34. The Labute approximate surface area is 176 Å². The smallest absolute Gasteiger partial charge is 0.253 e. The van der Waals surface area contributed by atoms with Gasteiger partial charge in [-0.15, -0.1) is 0 Å². The van der Waals surface area contributed by atoms with Gasteiger partial charge in [0.1, 0.15) is 5.75 Å². The number of carbonyl (C=O) groups is 2. The minimum Gasteiger partial charge on any atom is -0.495 e. The molecule has 0 radical (unpaired) electrons. The molecule has 1 atom stereocenters. The van der Waals surface area contributed by atoms with E-state index >= 15 is 0 Å². The Morgan fingerprint density at radius 3 is 2.62 bits per heavy atom. The number of likely N-dealkylation sites (tertiary alicyclic amines) is 1. The minimum atomic E-state index is -0.198. The number of anilines is 1. The van der Waals surface area contributed by atoms with E-state index in [2.05, 4.69) is 6.07 Å². The number of benzene rings is 2. The maximum Gasteiger partial charge on any atom is 0.253 e. The van der Waals surface area contributed by atoms with Gasteiger partial charge in [0.05, 0.1) is 18.7 Å². The molecule has 2 aliphatic heterocycles. The molecule has 29 heavy (non-hydrogen) atoms. The van der Waals surface area contributed by atoms with Crippen LogP contribution in [0, 0.1) is 5.92 Å². The largest absolute Gasteiger partial charge is 0.495 e. The van der Waals surface area contributed by atoms with E-state index in [0.717, 1.165) is 42.7 Å². The summed E-state index contributed by atoms with van der Waals surface area (Å²) in [6.07, 6.45) is 3.50. The summed E-state index contributed by atoms with van der Waals surface area (Å²) in [6.45, 7) is 1.81. The number of halogens is 1. The van der Waals surface area contributed by atoms with Crippen molar-refractivity contribution in [3.8, 4) is 5.75 Å². The average molecular weight is 413 g/mol. The summed E-state index contributed by atoms with van der Waals surface area (Å²) in [6, 6.07) is 12.9. The molecular formula is C23H25ClN2O3. The summed E-state index contributed by atoms with van der Waals surface area (Å²) in [7, 11) is 1.64. The Bertz CT molecular complexity index is 899. The SMILES string of the molecule is COc1cccc2c1N(C(=O)C1CCCN(C(=O)c3ccc(Cl)cc3)C1)CCC2. The number of hydrogen-bond acceptors (Lipinski definition) is 3. The number of piperidine rings is 1. The molecule has 0 aromatic heterocycles. The van der Waals surface area contributed by atoms with Gasteiger partial charge < -0.3 is 14.5 Å². The van der Waals surface area contributed by atoms with Crippen LogP contribution in [0.2, 0.25) is 5.02 Å². The van der Waals surface area contributed by atoms with Crippen molar-refractivity contribution in [1.82, 2.24) is 4.90 Å². The molecule has 0 saturated carbocycles. The number of amides is 2. The monoisotopic (exact) mass is 412 g/mol. The Balaban J connectivity index is 1.53. The molecule has 2 heterocycles. The summed E-state index contributed by atoms with van der Waals surface area (Å²) >= 11 is 5.93. The summed E-state index contributed by atoms with van der Waals surface area (Å²) < 4.78 is 5.54. The summed E-state index contributed by atoms with van der Waals surface area (Å²) in [5.74, 6) is 0.580. The Morgan fingerprint density at radius 1 is 1.07 bits per heavy atom. The van der Waals surface area contributed by atoms with Crippen LogP contribution in [0.4, 0.5) is 5.69 Å². The van der Waals surface area contributed by atoms with Gasteiger partial charge in [-0.25, -0.2) is 0 Å². The molecule has 0 aliphatic carbocycles. The van der Waals surface area contributed by atoms with Crippen molar-refractivity contribution in [3.63, 3.8) is 0 Å². The van der Waals surface area contributed by atoms with E-state index in [4.69, 9.17) is 16.3 Å². The molecular weight excluding hydrogens is 388 g/mol. The van der Waals surface area contributed by atoms with Gasteiger partial charge in [0, 0.05) is 30.2 Å². The summed E-state index contributed by atoms with van der Waals surface area (Å²) in [4.78, 5) is 30.0. The number of rotatable bonds is 3. The van der Waals surface area contributed by atoms with Gasteiger partial charge in [0.2, 0.25) is 5.91 Å². The first kappa shape index (κ1) is 19.8. The van der Waals surface area contributed by atoms with Gasteiger partial charge in [-0.2, -0.15) is 0 Å². The first-order valence-electron chi connectivity index (χ1n) is 10.1. The lowest BCUT2D eigenvalue weighted by atomic mass is 9.93. The lowest BCUT2D eigenvalue weighted by Crippen LogP contribution is -2.48. The number of aryl methyl sites for hydroxylation is 1. The van der Waals surface area contributed by atoms with E-state index in [1.807, 2.05) is 17.0 Å². The molecule has 1 unspecified atom stereocenters. The van der Waals surface area contributed by atoms with Crippen LogP contribution in [0.3, 0.4) is 0 Å². The third-order valence-electron chi connectivity index (χ3n) is 5.82. The maximum absolute atomic E-state index is 13.4. The van der Waals surface area contributed by atoms with Crippen LogP contribution in [0.15, 0.2) is 42.5 Å². The first-order valence-corrected chi connectivity index (χ1v) is 10.5. The van der Waals surface area contributed by atoms with Crippen molar-refractivity contribution < 1.29 is 14.3 Å². The van der Waals surface area contributed by atoms with Crippen molar-refractivity contribution in [2.24, 2.45) is 5.92 Å². The Kier molecular flexibility index (Phi) is 5.76. The van der Waals surface area contributed by atoms with E-state index in [9.17, 15) is 9.59 Å². The second kappa shape index (κ2) is 8.46. The topological polar surface area (TPSA) is 49.9 Å². The number of hydrogen-bond donors (Lipinski definition) is 0. The van der Waals surface area contributed by atoms with Crippen molar-refractivity contribution in [2.45, 2.75) is 25.7 Å². The fraction of sp³-hybridized carbons (Fsp3) is 0.391. The van der Waals surface area contributed by atoms with Crippen LogP contribution >= 0.6 is 11.6 Å². The third kappa shape index (κ3) is 3.97. The predicted molar refractivity (Wildman–Crippen MR) is 114 cm³/mol. The van der Waals surface area contributed by atoms with Gasteiger partial charge in [-0.3, -0.25) is 9.59 Å². The van der Waals surface area contributed by atoms with E-state index in [-0.39, 0.29) is 17.7 Å². The molecule has 1 fully saturated rings. The molecule has 0 N–H and O–H groups in total. The second-order valence-electron chi connectivity index (χ2n) is 7.66. The molecule has 0 bridgehead atoms. The molecule has 5 nitrogen and oxygen atoms in total. The highest BCUT2D eigenvalue weighted by molar-refractivity contribution is 6.30. The van der Waals surface area contributed by atoms with Crippen molar-refractivity contribution >= 4 is 29.1 Å². The molecule has 2 amide bonds. The van der Waals surface area contributed by atoms with Crippen molar-refractivity contribution in [3.05, 3.63) is 58.6 Å². The highest BCUT2D eigenvalue weighted by Crippen LogP contribution is 2.37.